The molecule has 1 aromatic rings. The van der Waals surface area contributed by atoms with Crippen molar-refractivity contribution in [2.45, 2.75) is 24.7 Å². The Morgan fingerprint density at radius 1 is 1.41 bits per heavy atom. The molecule has 0 amide bonds. The van der Waals surface area contributed by atoms with Crippen molar-refractivity contribution in [1.82, 2.24) is 15.3 Å². The van der Waals surface area contributed by atoms with Gasteiger partial charge in [0.05, 0.1) is 11.8 Å². The van der Waals surface area contributed by atoms with Crippen LogP contribution in [-0.4, -0.2) is 37.6 Å². The molecular formula is C10H15N3O3S. The lowest BCUT2D eigenvalue weighted by molar-refractivity contribution is 0.169. The van der Waals surface area contributed by atoms with Crippen LogP contribution in [-0.2, 0) is 20.1 Å². The fourth-order valence-corrected chi connectivity index (χ4v) is 2.93. The molecule has 1 fully saturated rings. The monoisotopic (exact) mass is 257 g/mol. The molecule has 0 radical (unpaired) electrons. The first-order valence-corrected chi connectivity index (χ1v) is 7.10. The van der Waals surface area contributed by atoms with Gasteiger partial charge in [-0.05, 0) is 32.0 Å². The Balaban J connectivity index is 1.94. The molecule has 0 saturated carbocycles. The van der Waals surface area contributed by atoms with Crippen LogP contribution in [0.1, 0.15) is 18.5 Å². The molecule has 0 aliphatic carbocycles. The Morgan fingerprint density at radius 3 is 2.82 bits per heavy atom. The molecule has 1 saturated heterocycles. The Labute approximate surface area is 101 Å². The van der Waals surface area contributed by atoms with Crippen LogP contribution in [0, 0.1) is 0 Å². The van der Waals surface area contributed by atoms with E-state index in [4.69, 9.17) is 4.18 Å². The number of nitrogens with zero attached hydrogens (tertiary/aromatic N) is 2. The molecule has 0 aromatic carbocycles. The smallest absolute Gasteiger partial charge is 0.273 e. The number of nitrogens with one attached hydrogen (secondary N) is 1. The molecular weight excluding hydrogens is 242 g/mol. The van der Waals surface area contributed by atoms with E-state index < -0.39 is 10.1 Å². The minimum atomic E-state index is -3.55. The van der Waals surface area contributed by atoms with Gasteiger partial charge in [0.2, 0.25) is 0 Å². The molecule has 17 heavy (non-hydrogen) atoms. The maximum Gasteiger partial charge on any atom is 0.273 e. The van der Waals surface area contributed by atoms with Gasteiger partial charge < -0.3 is 5.32 Å². The second kappa shape index (κ2) is 5.52. The zero-order valence-corrected chi connectivity index (χ0v) is 10.2. The maximum atomic E-state index is 11.8. The lowest BCUT2D eigenvalue weighted by Crippen LogP contribution is -2.34. The third-order valence-electron chi connectivity index (χ3n) is 2.54. The summed E-state index contributed by atoms with van der Waals surface area (Å²) in [6.07, 6.45) is 4.09. The molecule has 2 heterocycles. The standard InChI is InChI=1S/C10H15N3O3S/c14-17(15,7-9-1-4-12-8-13-9)16-10-2-5-11-6-3-10/h1,4,8,10-11H,2-3,5-7H2. The first kappa shape index (κ1) is 12.4. The Bertz CT molecular complexity index is 443. The van der Waals surface area contributed by atoms with Crippen LogP contribution in [0.25, 0.3) is 0 Å². The molecule has 0 atom stereocenters. The van der Waals surface area contributed by atoms with E-state index in [0.717, 1.165) is 25.9 Å². The quantitative estimate of drug-likeness (QED) is 0.769. The predicted octanol–water partition coefficient (Wildman–Crippen LogP) is 0.0750. The molecule has 0 unspecified atom stereocenters. The number of rotatable bonds is 4. The van der Waals surface area contributed by atoms with E-state index in [1.54, 1.807) is 6.07 Å². The van der Waals surface area contributed by atoms with Crippen molar-refractivity contribution in [2.24, 2.45) is 0 Å². The predicted molar refractivity (Wildman–Crippen MR) is 61.6 cm³/mol. The van der Waals surface area contributed by atoms with Gasteiger partial charge in [0.25, 0.3) is 10.1 Å². The molecule has 1 aromatic heterocycles. The van der Waals surface area contributed by atoms with Gasteiger partial charge in [0.15, 0.2) is 0 Å². The summed E-state index contributed by atoms with van der Waals surface area (Å²) in [4.78, 5) is 7.61. The maximum absolute atomic E-state index is 11.8. The molecule has 2 rings (SSSR count). The molecule has 1 aliphatic heterocycles. The van der Waals surface area contributed by atoms with Gasteiger partial charge in [0, 0.05) is 6.20 Å². The van der Waals surface area contributed by atoms with Gasteiger partial charge in [-0.25, -0.2) is 9.97 Å². The van der Waals surface area contributed by atoms with Crippen LogP contribution in [0.3, 0.4) is 0 Å². The second-order valence-electron chi connectivity index (χ2n) is 3.95. The van der Waals surface area contributed by atoms with Crippen LogP contribution in [0.15, 0.2) is 18.6 Å². The highest BCUT2D eigenvalue weighted by atomic mass is 32.2. The molecule has 0 spiro atoms. The molecule has 6 nitrogen and oxygen atoms in total. The van der Waals surface area contributed by atoms with Gasteiger partial charge in [-0.2, -0.15) is 8.42 Å². The number of piperidine rings is 1. The Hall–Kier alpha value is -1.05. The van der Waals surface area contributed by atoms with Crippen molar-refractivity contribution in [2.75, 3.05) is 13.1 Å². The third-order valence-corrected chi connectivity index (χ3v) is 3.75. The summed E-state index contributed by atoms with van der Waals surface area (Å²) in [5.41, 5.74) is 0.453. The average Bonchev–Trinajstić information content (AvgIpc) is 2.30. The van der Waals surface area contributed by atoms with Crippen LogP contribution in [0.4, 0.5) is 0 Å². The second-order valence-corrected chi connectivity index (χ2v) is 5.54. The summed E-state index contributed by atoms with van der Waals surface area (Å²) in [5, 5.41) is 3.15. The van der Waals surface area contributed by atoms with Crippen LogP contribution in [0.5, 0.6) is 0 Å². The summed E-state index contributed by atoms with van der Waals surface area (Å²) in [6, 6.07) is 1.57. The minimum absolute atomic E-state index is 0.195. The van der Waals surface area contributed by atoms with Crippen molar-refractivity contribution >= 4 is 10.1 Å². The fourth-order valence-electron chi connectivity index (χ4n) is 1.72. The number of hydrogen-bond donors (Lipinski definition) is 1. The van der Waals surface area contributed by atoms with E-state index >= 15 is 0 Å². The largest absolute Gasteiger partial charge is 0.317 e. The van der Waals surface area contributed by atoms with E-state index in [1.165, 1.54) is 12.5 Å². The van der Waals surface area contributed by atoms with Crippen molar-refractivity contribution in [3.8, 4) is 0 Å². The Morgan fingerprint density at radius 2 is 2.18 bits per heavy atom. The van der Waals surface area contributed by atoms with E-state index in [9.17, 15) is 8.42 Å². The molecule has 7 heteroatoms. The van der Waals surface area contributed by atoms with E-state index in [0.29, 0.717) is 5.69 Å². The third kappa shape index (κ3) is 4.03. The lowest BCUT2D eigenvalue weighted by Gasteiger charge is -2.22. The minimum Gasteiger partial charge on any atom is -0.317 e. The van der Waals surface area contributed by atoms with Crippen LogP contribution in [0.2, 0.25) is 0 Å². The number of aromatic nitrogens is 2. The highest BCUT2D eigenvalue weighted by Gasteiger charge is 2.22. The normalized spacial score (nSPS) is 18.1. The first-order chi connectivity index (χ1) is 8.16. The topological polar surface area (TPSA) is 81.2 Å². The van der Waals surface area contributed by atoms with Crippen molar-refractivity contribution in [1.29, 1.82) is 0 Å². The van der Waals surface area contributed by atoms with Crippen LogP contribution < -0.4 is 5.32 Å². The highest BCUT2D eigenvalue weighted by Crippen LogP contribution is 2.13. The summed E-state index contributed by atoms with van der Waals surface area (Å²) in [6.45, 7) is 1.60. The van der Waals surface area contributed by atoms with E-state index in [1.807, 2.05) is 0 Å². The zero-order valence-electron chi connectivity index (χ0n) is 9.37. The summed E-state index contributed by atoms with van der Waals surface area (Å²) < 4.78 is 28.7. The average molecular weight is 257 g/mol. The van der Waals surface area contributed by atoms with Gasteiger partial charge in [-0.3, -0.25) is 4.18 Å². The van der Waals surface area contributed by atoms with Crippen molar-refractivity contribution < 1.29 is 12.6 Å². The van der Waals surface area contributed by atoms with Gasteiger partial charge in [-0.15, -0.1) is 0 Å². The Kier molecular flexibility index (Phi) is 4.03. The van der Waals surface area contributed by atoms with E-state index in [-0.39, 0.29) is 11.9 Å². The summed E-state index contributed by atoms with van der Waals surface area (Å²) in [7, 11) is -3.55. The fraction of sp³-hybridized carbons (Fsp3) is 0.600. The van der Waals surface area contributed by atoms with Gasteiger partial charge in [0.1, 0.15) is 12.1 Å². The zero-order chi connectivity index (χ0) is 12.1. The SMILES string of the molecule is O=S(=O)(Cc1ccncn1)OC1CCNCC1. The van der Waals surface area contributed by atoms with Crippen molar-refractivity contribution in [3.05, 3.63) is 24.3 Å². The summed E-state index contributed by atoms with van der Waals surface area (Å²) >= 11 is 0. The van der Waals surface area contributed by atoms with Crippen molar-refractivity contribution in [3.63, 3.8) is 0 Å². The highest BCUT2D eigenvalue weighted by molar-refractivity contribution is 7.85. The number of hydrogen-bond acceptors (Lipinski definition) is 6. The van der Waals surface area contributed by atoms with Gasteiger partial charge >= 0.3 is 0 Å². The van der Waals surface area contributed by atoms with Gasteiger partial charge in [-0.1, -0.05) is 0 Å². The molecule has 94 valence electrons. The van der Waals surface area contributed by atoms with Crippen LogP contribution >= 0.6 is 0 Å². The lowest BCUT2D eigenvalue weighted by atomic mass is 10.1. The molecule has 1 N–H and O–H groups in total. The first-order valence-electron chi connectivity index (χ1n) is 5.52. The summed E-state index contributed by atoms with van der Waals surface area (Å²) in [5.74, 6) is -0.195. The molecule has 0 bridgehead atoms. The molecule has 1 aliphatic rings. The van der Waals surface area contributed by atoms with E-state index in [2.05, 4.69) is 15.3 Å².